The molecule has 0 aromatic rings. The Morgan fingerprint density at radius 1 is 1.18 bits per heavy atom. The Labute approximate surface area is 132 Å². The number of amides is 1. The van der Waals surface area contributed by atoms with Crippen LogP contribution in [0.15, 0.2) is 0 Å². The Balaban J connectivity index is 3.05. The van der Waals surface area contributed by atoms with Gasteiger partial charge in [-0.2, -0.15) is 0 Å². The van der Waals surface area contributed by atoms with Crippen LogP contribution in [0.4, 0.5) is 0 Å². The summed E-state index contributed by atoms with van der Waals surface area (Å²) in [5.74, 6) is -2.17. The summed E-state index contributed by atoms with van der Waals surface area (Å²) in [5.41, 5.74) is -0.779. The van der Waals surface area contributed by atoms with E-state index in [1.54, 1.807) is 18.7 Å². The lowest BCUT2D eigenvalue weighted by Crippen LogP contribution is -2.52. The molecule has 1 aliphatic rings. The number of carbonyl (C=O) groups excluding carboxylic acids is 3. The average Bonchev–Trinajstić information content (AvgIpc) is 2.84. The lowest BCUT2D eigenvalue weighted by Gasteiger charge is -2.41. The Morgan fingerprint density at radius 2 is 1.68 bits per heavy atom. The highest BCUT2D eigenvalue weighted by Gasteiger charge is 2.49. The molecule has 0 aliphatic carbocycles. The summed E-state index contributed by atoms with van der Waals surface area (Å²) >= 11 is 0. The molecule has 6 heteroatoms. The van der Waals surface area contributed by atoms with Gasteiger partial charge in [0.2, 0.25) is 5.91 Å². The van der Waals surface area contributed by atoms with Crippen LogP contribution in [-0.2, 0) is 23.9 Å². The minimum Gasteiger partial charge on any atom is -0.465 e. The van der Waals surface area contributed by atoms with Crippen LogP contribution < -0.4 is 0 Å². The Bertz CT molecular complexity index is 414. The van der Waals surface area contributed by atoms with Crippen molar-refractivity contribution in [1.29, 1.82) is 0 Å². The van der Waals surface area contributed by atoms with Crippen LogP contribution in [-0.4, -0.2) is 48.5 Å². The molecular weight excluding hydrogens is 286 g/mol. The van der Waals surface area contributed by atoms with E-state index in [-0.39, 0.29) is 25.2 Å². The number of nitrogens with zero attached hydrogens (tertiary/aromatic N) is 1. The quantitative estimate of drug-likeness (QED) is 0.529. The van der Waals surface area contributed by atoms with E-state index >= 15 is 0 Å². The third-order valence-electron chi connectivity index (χ3n) is 4.44. The van der Waals surface area contributed by atoms with E-state index in [1.165, 1.54) is 0 Å². The normalized spacial score (nSPS) is 16.8. The van der Waals surface area contributed by atoms with E-state index in [0.29, 0.717) is 13.0 Å². The SMILES string of the molecule is CCOC(=O)C(C(=O)OCC)C(C)(C)C(C)N1CCCC1=O. The second-order valence-corrected chi connectivity index (χ2v) is 6.13. The van der Waals surface area contributed by atoms with Gasteiger partial charge in [-0.1, -0.05) is 13.8 Å². The lowest BCUT2D eigenvalue weighted by molar-refractivity contribution is -0.170. The fourth-order valence-electron chi connectivity index (χ4n) is 2.88. The number of esters is 2. The molecule has 1 heterocycles. The highest BCUT2D eigenvalue weighted by atomic mass is 16.6. The zero-order valence-electron chi connectivity index (χ0n) is 14.2. The number of hydrogen-bond donors (Lipinski definition) is 0. The summed E-state index contributed by atoms with van der Waals surface area (Å²) in [7, 11) is 0. The Hall–Kier alpha value is -1.59. The van der Waals surface area contributed by atoms with Crippen molar-refractivity contribution in [2.24, 2.45) is 11.3 Å². The van der Waals surface area contributed by atoms with Crippen molar-refractivity contribution in [2.45, 2.75) is 53.5 Å². The summed E-state index contributed by atoms with van der Waals surface area (Å²) in [6.07, 6.45) is 1.33. The molecular formula is C16H27NO5. The summed E-state index contributed by atoms with van der Waals surface area (Å²) in [4.78, 5) is 38.3. The second kappa shape index (κ2) is 7.61. The second-order valence-electron chi connectivity index (χ2n) is 6.13. The summed E-state index contributed by atoms with van der Waals surface area (Å²) in [5, 5.41) is 0. The molecule has 0 saturated carbocycles. The van der Waals surface area contributed by atoms with Crippen molar-refractivity contribution in [3.05, 3.63) is 0 Å². The number of rotatable bonds is 7. The maximum atomic E-state index is 12.3. The molecule has 0 radical (unpaired) electrons. The standard InChI is InChI=1S/C16H27NO5/c1-6-21-14(19)13(15(20)22-7-2)16(4,5)11(3)17-10-8-9-12(17)18/h11,13H,6-10H2,1-5H3. The summed E-state index contributed by atoms with van der Waals surface area (Å²) < 4.78 is 10.1. The van der Waals surface area contributed by atoms with Crippen LogP contribution >= 0.6 is 0 Å². The molecule has 6 nitrogen and oxygen atoms in total. The van der Waals surface area contributed by atoms with Crippen molar-refractivity contribution in [3.63, 3.8) is 0 Å². The molecule has 1 rings (SSSR count). The van der Waals surface area contributed by atoms with Gasteiger partial charge in [0, 0.05) is 24.4 Å². The Kier molecular flexibility index (Phi) is 6.38. The first-order valence-electron chi connectivity index (χ1n) is 7.90. The van der Waals surface area contributed by atoms with Gasteiger partial charge in [-0.05, 0) is 27.2 Å². The number of hydrogen-bond acceptors (Lipinski definition) is 5. The number of ether oxygens (including phenoxy) is 2. The van der Waals surface area contributed by atoms with Crippen LogP contribution in [0.3, 0.4) is 0 Å². The van der Waals surface area contributed by atoms with Crippen LogP contribution in [0.2, 0.25) is 0 Å². The highest BCUT2D eigenvalue weighted by molar-refractivity contribution is 5.96. The zero-order chi connectivity index (χ0) is 16.9. The molecule has 1 amide bonds. The van der Waals surface area contributed by atoms with E-state index in [0.717, 1.165) is 6.42 Å². The zero-order valence-corrected chi connectivity index (χ0v) is 14.2. The molecule has 0 aromatic heterocycles. The molecule has 1 saturated heterocycles. The molecule has 0 aromatic carbocycles. The van der Waals surface area contributed by atoms with Gasteiger partial charge >= 0.3 is 11.9 Å². The first-order chi connectivity index (χ1) is 10.3. The predicted octanol–water partition coefficient (Wildman–Crippen LogP) is 1.77. The van der Waals surface area contributed by atoms with Crippen molar-refractivity contribution < 1.29 is 23.9 Å². The molecule has 126 valence electrons. The Morgan fingerprint density at radius 3 is 2.05 bits per heavy atom. The first-order valence-corrected chi connectivity index (χ1v) is 7.90. The van der Waals surface area contributed by atoms with Gasteiger partial charge in [0.1, 0.15) is 0 Å². The smallest absolute Gasteiger partial charge is 0.320 e. The molecule has 1 aliphatic heterocycles. The van der Waals surface area contributed by atoms with Crippen LogP contribution in [0.25, 0.3) is 0 Å². The van der Waals surface area contributed by atoms with Crippen molar-refractivity contribution in [3.8, 4) is 0 Å². The third-order valence-corrected chi connectivity index (χ3v) is 4.44. The fourth-order valence-corrected chi connectivity index (χ4v) is 2.88. The highest BCUT2D eigenvalue weighted by Crippen LogP contribution is 2.37. The average molecular weight is 313 g/mol. The fraction of sp³-hybridized carbons (Fsp3) is 0.812. The van der Waals surface area contributed by atoms with E-state index in [1.807, 2.05) is 20.8 Å². The van der Waals surface area contributed by atoms with Gasteiger partial charge in [-0.25, -0.2) is 0 Å². The molecule has 0 bridgehead atoms. The van der Waals surface area contributed by atoms with Gasteiger partial charge in [0.25, 0.3) is 0 Å². The van der Waals surface area contributed by atoms with E-state index in [4.69, 9.17) is 9.47 Å². The lowest BCUT2D eigenvalue weighted by atomic mass is 9.72. The summed E-state index contributed by atoms with van der Waals surface area (Å²) in [6.45, 7) is 9.92. The van der Waals surface area contributed by atoms with Crippen molar-refractivity contribution >= 4 is 17.8 Å². The van der Waals surface area contributed by atoms with E-state index in [2.05, 4.69) is 0 Å². The molecule has 0 spiro atoms. The largest absolute Gasteiger partial charge is 0.465 e. The molecule has 1 unspecified atom stereocenters. The number of likely N-dealkylation sites (tertiary alicyclic amines) is 1. The molecule has 22 heavy (non-hydrogen) atoms. The van der Waals surface area contributed by atoms with Gasteiger partial charge in [-0.15, -0.1) is 0 Å². The topological polar surface area (TPSA) is 72.9 Å². The van der Waals surface area contributed by atoms with Gasteiger partial charge in [0.05, 0.1) is 13.2 Å². The molecule has 1 atom stereocenters. The third kappa shape index (κ3) is 3.78. The monoisotopic (exact) mass is 313 g/mol. The molecule has 0 N–H and O–H groups in total. The van der Waals surface area contributed by atoms with E-state index in [9.17, 15) is 14.4 Å². The van der Waals surface area contributed by atoms with Gasteiger partial charge < -0.3 is 14.4 Å². The summed E-state index contributed by atoms with van der Waals surface area (Å²) in [6, 6.07) is -0.263. The van der Waals surface area contributed by atoms with Gasteiger partial charge in [0.15, 0.2) is 5.92 Å². The molecule has 1 fully saturated rings. The minimum atomic E-state index is -1.05. The maximum absolute atomic E-state index is 12.3. The minimum absolute atomic E-state index is 0.0621. The first kappa shape index (κ1) is 18.5. The van der Waals surface area contributed by atoms with E-state index < -0.39 is 23.3 Å². The van der Waals surface area contributed by atoms with Crippen LogP contribution in [0.5, 0.6) is 0 Å². The van der Waals surface area contributed by atoms with Crippen LogP contribution in [0, 0.1) is 11.3 Å². The van der Waals surface area contributed by atoms with Crippen molar-refractivity contribution in [1.82, 2.24) is 4.90 Å². The van der Waals surface area contributed by atoms with Crippen molar-refractivity contribution in [2.75, 3.05) is 19.8 Å². The van der Waals surface area contributed by atoms with Gasteiger partial charge in [-0.3, -0.25) is 14.4 Å². The van der Waals surface area contributed by atoms with Crippen LogP contribution in [0.1, 0.15) is 47.5 Å². The predicted molar refractivity (Wildman–Crippen MR) is 80.9 cm³/mol. The number of carbonyl (C=O) groups is 3. The maximum Gasteiger partial charge on any atom is 0.320 e.